The second-order valence-corrected chi connectivity index (χ2v) is 3.48. The fraction of sp³-hybridized carbons (Fsp3) is 0.111. The van der Waals surface area contributed by atoms with Gasteiger partial charge in [-0.2, -0.15) is 5.26 Å². The summed E-state index contributed by atoms with van der Waals surface area (Å²) in [6.07, 6.45) is -0.229. The molecule has 0 fully saturated rings. The molecule has 72 valence electrons. The molecule has 1 aromatic carbocycles. The van der Waals surface area contributed by atoms with Gasteiger partial charge in [0.2, 0.25) is 0 Å². The molecule has 3 nitrogen and oxygen atoms in total. The molecule has 0 unspecified atom stereocenters. The highest BCUT2D eigenvalue weighted by Gasteiger charge is 2.10. The molecule has 5 heteroatoms. The lowest BCUT2D eigenvalue weighted by Gasteiger charge is -2.01. The fourth-order valence-electron chi connectivity index (χ4n) is 1.00. The number of nitrogens with zero attached hydrogens (tertiary/aromatic N) is 1. The monoisotopic (exact) mass is 257 g/mol. The van der Waals surface area contributed by atoms with Crippen molar-refractivity contribution in [1.82, 2.24) is 0 Å². The summed E-state index contributed by atoms with van der Waals surface area (Å²) >= 11 is 2.91. The number of aliphatic carboxylic acids is 1. The van der Waals surface area contributed by atoms with Crippen molar-refractivity contribution in [2.75, 3.05) is 0 Å². The fourth-order valence-corrected chi connectivity index (χ4v) is 1.51. The van der Waals surface area contributed by atoms with Gasteiger partial charge in [0.15, 0.2) is 5.82 Å². The minimum Gasteiger partial charge on any atom is -0.481 e. The topological polar surface area (TPSA) is 61.1 Å². The first kappa shape index (κ1) is 10.7. The quantitative estimate of drug-likeness (QED) is 0.883. The molecule has 0 aromatic heterocycles. The van der Waals surface area contributed by atoms with Crippen molar-refractivity contribution in [2.45, 2.75) is 6.42 Å². The van der Waals surface area contributed by atoms with Crippen molar-refractivity contribution in [2.24, 2.45) is 0 Å². The number of carbonyl (C=O) groups is 1. The summed E-state index contributed by atoms with van der Waals surface area (Å²) in [4.78, 5) is 10.4. The van der Waals surface area contributed by atoms with Crippen molar-refractivity contribution >= 4 is 21.9 Å². The Bertz CT molecular complexity index is 426. The van der Waals surface area contributed by atoms with E-state index in [9.17, 15) is 9.18 Å². The average Bonchev–Trinajstić information content (AvgIpc) is 2.10. The Morgan fingerprint density at radius 2 is 2.29 bits per heavy atom. The van der Waals surface area contributed by atoms with Crippen LogP contribution in [0.5, 0.6) is 0 Å². The molecule has 14 heavy (non-hydrogen) atoms. The predicted octanol–water partition coefficient (Wildman–Crippen LogP) is 2.09. The maximum absolute atomic E-state index is 13.1. The van der Waals surface area contributed by atoms with Gasteiger partial charge in [0.25, 0.3) is 0 Å². The molecule has 0 spiro atoms. The number of hydrogen-bond acceptors (Lipinski definition) is 2. The van der Waals surface area contributed by atoms with E-state index in [1.807, 2.05) is 0 Å². The van der Waals surface area contributed by atoms with E-state index >= 15 is 0 Å². The Labute approximate surface area is 87.9 Å². The van der Waals surface area contributed by atoms with E-state index in [0.717, 1.165) is 0 Å². The summed E-state index contributed by atoms with van der Waals surface area (Å²) < 4.78 is 13.2. The van der Waals surface area contributed by atoms with Gasteiger partial charge in [-0.3, -0.25) is 4.79 Å². The number of halogens is 2. The number of hydrogen-bond donors (Lipinski definition) is 1. The second-order valence-electron chi connectivity index (χ2n) is 2.62. The minimum absolute atomic E-state index is 0.104. The zero-order valence-electron chi connectivity index (χ0n) is 6.92. The molecule has 0 radical (unpaired) electrons. The van der Waals surface area contributed by atoms with Crippen LogP contribution in [0.2, 0.25) is 0 Å². The number of benzene rings is 1. The summed E-state index contributed by atoms with van der Waals surface area (Å²) in [5.41, 5.74) is 0.234. The lowest BCUT2D eigenvalue weighted by Crippen LogP contribution is -2.01. The van der Waals surface area contributed by atoms with Gasteiger partial charge in [-0.15, -0.1) is 0 Å². The molecule has 0 aliphatic carbocycles. The van der Waals surface area contributed by atoms with Gasteiger partial charge in [0, 0.05) is 0 Å². The molecular formula is C9H5BrFNO2. The molecular weight excluding hydrogens is 253 g/mol. The molecule has 0 saturated heterocycles. The Balaban J connectivity index is 3.18. The van der Waals surface area contributed by atoms with Crippen LogP contribution in [-0.4, -0.2) is 11.1 Å². The minimum atomic E-state index is -1.02. The average molecular weight is 258 g/mol. The van der Waals surface area contributed by atoms with Crippen molar-refractivity contribution in [3.05, 3.63) is 33.5 Å². The third-order valence-electron chi connectivity index (χ3n) is 1.56. The van der Waals surface area contributed by atoms with Crippen LogP contribution in [-0.2, 0) is 11.2 Å². The normalized spacial score (nSPS) is 9.50. The van der Waals surface area contributed by atoms with Crippen LogP contribution in [0.3, 0.4) is 0 Å². The highest BCUT2D eigenvalue weighted by molar-refractivity contribution is 9.10. The van der Waals surface area contributed by atoms with Gasteiger partial charge in [-0.1, -0.05) is 0 Å². The van der Waals surface area contributed by atoms with E-state index in [-0.39, 0.29) is 16.5 Å². The summed E-state index contributed by atoms with van der Waals surface area (Å²) in [5.74, 6) is -1.69. The number of nitriles is 1. The zero-order chi connectivity index (χ0) is 10.7. The molecule has 0 aliphatic rings. The van der Waals surface area contributed by atoms with Gasteiger partial charge < -0.3 is 5.11 Å². The molecule has 0 heterocycles. The number of carboxylic acid groups (broad SMARTS) is 1. The van der Waals surface area contributed by atoms with E-state index in [1.165, 1.54) is 12.1 Å². The number of rotatable bonds is 2. The van der Waals surface area contributed by atoms with Crippen LogP contribution in [0.1, 0.15) is 11.1 Å². The van der Waals surface area contributed by atoms with Crippen molar-refractivity contribution < 1.29 is 14.3 Å². The van der Waals surface area contributed by atoms with Crippen LogP contribution in [0.15, 0.2) is 16.6 Å². The van der Waals surface area contributed by atoms with Crippen LogP contribution in [0.25, 0.3) is 0 Å². The molecule has 1 rings (SSSR count). The third-order valence-corrected chi connectivity index (χ3v) is 2.14. The Hall–Kier alpha value is -1.41. The summed E-state index contributed by atoms with van der Waals surface area (Å²) in [7, 11) is 0. The molecule has 1 aromatic rings. The first-order chi connectivity index (χ1) is 6.54. The maximum atomic E-state index is 13.1. The first-order valence-electron chi connectivity index (χ1n) is 3.64. The highest BCUT2D eigenvalue weighted by atomic mass is 79.9. The van der Waals surface area contributed by atoms with Crippen molar-refractivity contribution in [3.63, 3.8) is 0 Å². The highest BCUT2D eigenvalue weighted by Crippen LogP contribution is 2.21. The summed E-state index contributed by atoms with van der Waals surface area (Å²) in [5, 5.41) is 17.0. The molecule has 0 saturated carbocycles. The molecule has 0 bridgehead atoms. The van der Waals surface area contributed by atoms with E-state index in [1.54, 1.807) is 6.07 Å². The lowest BCUT2D eigenvalue weighted by atomic mass is 10.1. The van der Waals surface area contributed by atoms with Gasteiger partial charge in [0.1, 0.15) is 6.07 Å². The van der Waals surface area contributed by atoms with E-state index < -0.39 is 11.8 Å². The standard InChI is InChI=1S/C9H5BrFNO2/c10-7-2-5(3-8(13)14)1-6(4-12)9(7)11/h1-2H,3H2,(H,13,14). The number of carboxylic acids is 1. The Kier molecular flexibility index (Phi) is 3.20. The summed E-state index contributed by atoms with van der Waals surface area (Å²) in [6, 6.07) is 4.23. The van der Waals surface area contributed by atoms with E-state index in [2.05, 4.69) is 15.9 Å². The van der Waals surface area contributed by atoms with Crippen molar-refractivity contribution in [1.29, 1.82) is 5.26 Å². The van der Waals surface area contributed by atoms with Crippen LogP contribution < -0.4 is 0 Å². The van der Waals surface area contributed by atoms with Gasteiger partial charge in [-0.25, -0.2) is 4.39 Å². The lowest BCUT2D eigenvalue weighted by molar-refractivity contribution is -0.136. The maximum Gasteiger partial charge on any atom is 0.307 e. The van der Waals surface area contributed by atoms with Gasteiger partial charge in [-0.05, 0) is 33.6 Å². The van der Waals surface area contributed by atoms with Crippen molar-refractivity contribution in [3.8, 4) is 6.07 Å². The molecule has 0 atom stereocenters. The van der Waals surface area contributed by atoms with Crippen LogP contribution in [0.4, 0.5) is 4.39 Å². The predicted molar refractivity (Wildman–Crippen MR) is 50.2 cm³/mol. The zero-order valence-corrected chi connectivity index (χ0v) is 8.51. The smallest absolute Gasteiger partial charge is 0.307 e. The Morgan fingerprint density at radius 1 is 1.64 bits per heavy atom. The molecule has 1 N–H and O–H groups in total. The van der Waals surface area contributed by atoms with Gasteiger partial charge in [0.05, 0.1) is 16.5 Å². The Morgan fingerprint density at radius 3 is 2.79 bits per heavy atom. The van der Waals surface area contributed by atoms with E-state index in [4.69, 9.17) is 10.4 Å². The summed E-state index contributed by atoms with van der Waals surface area (Å²) in [6.45, 7) is 0. The second kappa shape index (κ2) is 4.20. The largest absolute Gasteiger partial charge is 0.481 e. The molecule has 0 aliphatic heterocycles. The molecule has 0 amide bonds. The van der Waals surface area contributed by atoms with Crippen LogP contribution >= 0.6 is 15.9 Å². The van der Waals surface area contributed by atoms with Gasteiger partial charge >= 0.3 is 5.97 Å². The SMILES string of the molecule is N#Cc1cc(CC(=O)O)cc(Br)c1F. The van der Waals surface area contributed by atoms with E-state index in [0.29, 0.717) is 5.56 Å². The third kappa shape index (κ3) is 2.30. The first-order valence-corrected chi connectivity index (χ1v) is 4.43. The van der Waals surface area contributed by atoms with Crippen LogP contribution in [0, 0.1) is 17.1 Å².